The van der Waals surface area contributed by atoms with Gasteiger partial charge in [0.1, 0.15) is 11.2 Å². The molecule has 1 heterocycles. The third-order valence-corrected chi connectivity index (χ3v) is 12.0. The van der Waals surface area contributed by atoms with Gasteiger partial charge < -0.3 is 9.32 Å². The summed E-state index contributed by atoms with van der Waals surface area (Å²) in [4.78, 5) is 2.37. The molecule has 10 aromatic rings. The van der Waals surface area contributed by atoms with E-state index in [2.05, 4.69) is 213 Å². The van der Waals surface area contributed by atoms with Crippen LogP contribution in [-0.4, -0.2) is 0 Å². The molecule has 11 rings (SSSR count). The van der Waals surface area contributed by atoms with E-state index in [9.17, 15) is 0 Å². The fourth-order valence-corrected chi connectivity index (χ4v) is 9.30. The normalized spacial score (nSPS) is 12.9. The molecule has 0 N–H and O–H groups in total. The first-order valence-corrected chi connectivity index (χ1v) is 19.8. The molecule has 0 aliphatic heterocycles. The van der Waals surface area contributed by atoms with Crippen LogP contribution >= 0.6 is 0 Å². The Hall–Kier alpha value is -7.16. The third-order valence-electron chi connectivity index (χ3n) is 12.0. The van der Waals surface area contributed by atoms with Crippen LogP contribution in [0.15, 0.2) is 205 Å². The molecule has 0 saturated carbocycles. The monoisotopic (exact) mass is 729 g/mol. The first-order chi connectivity index (χ1) is 28.0. The minimum atomic E-state index is -0.0953. The smallest absolute Gasteiger partial charge is 0.137 e. The molecule has 0 amide bonds. The molecule has 0 saturated heterocycles. The highest BCUT2D eigenvalue weighted by Crippen LogP contribution is 2.52. The number of para-hydroxylation sites is 1. The standard InChI is InChI=1S/C55H39NO/c1-55(2)49-20-7-5-16-46(49)47-19-10-18-45(54(47)55)38-28-32-44(33-29-38)56(50-21-11-23-52-53(50)48-17-6-8-22-51(48)57-52)43-30-26-37(27-31-43)40-14-9-15-41(34-40)42-25-24-36-12-3-4-13-39(36)35-42/h3-35H,1-2H3. The topological polar surface area (TPSA) is 16.4 Å². The molecule has 0 bridgehead atoms. The second-order valence-corrected chi connectivity index (χ2v) is 15.7. The van der Waals surface area contributed by atoms with Crippen LogP contribution in [0.5, 0.6) is 0 Å². The van der Waals surface area contributed by atoms with E-state index in [0.29, 0.717) is 0 Å². The van der Waals surface area contributed by atoms with Gasteiger partial charge in [0, 0.05) is 22.2 Å². The molecule has 2 nitrogen and oxygen atoms in total. The second-order valence-electron chi connectivity index (χ2n) is 15.7. The molecular weight excluding hydrogens is 691 g/mol. The van der Waals surface area contributed by atoms with Gasteiger partial charge in [-0.3, -0.25) is 0 Å². The molecular formula is C55H39NO. The van der Waals surface area contributed by atoms with Crippen LogP contribution < -0.4 is 4.90 Å². The molecule has 0 radical (unpaired) electrons. The number of hydrogen-bond donors (Lipinski definition) is 0. The van der Waals surface area contributed by atoms with Crippen LogP contribution in [0.3, 0.4) is 0 Å². The molecule has 0 fully saturated rings. The van der Waals surface area contributed by atoms with Crippen LogP contribution in [0.4, 0.5) is 17.1 Å². The largest absolute Gasteiger partial charge is 0.456 e. The quantitative estimate of drug-likeness (QED) is 0.169. The highest BCUT2D eigenvalue weighted by Gasteiger charge is 2.37. The zero-order chi connectivity index (χ0) is 38.1. The van der Waals surface area contributed by atoms with Crippen molar-refractivity contribution >= 4 is 49.8 Å². The van der Waals surface area contributed by atoms with E-state index in [-0.39, 0.29) is 5.41 Å². The van der Waals surface area contributed by atoms with E-state index >= 15 is 0 Å². The summed E-state index contributed by atoms with van der Waals surface area (Å²) >= 11 is 0. The Morgan fingerprint density at radius 2 is 0.982 bits per heavy atom. The van der Waals surface area contributed by atoms with E-state index in [1.54, 1.807) is 0 Å². The first kappa shape index (κ1) is 33.2. The third kappa shape index (κ3) is 5.40. The van der Waals surface area contributed by atoms with E-state index in [1.165, 1.54) is 66.4 Å². The highest BCUT2D eigenvalue weighted by atomic mass is 16.3. The lowest BCUT2D eigenvalue weighted by atomic mass is 9.79. The Kier molecular flexibility index (Phi) is 7.55. The highest BCUT2D eigenvalue weighted by molar-refractivity contribution is 6.13. The summed E-state index contributed by atoms with van der Waals surface area (Å²) in [7, 11) is 0. The number of anilines is 3. The van der Waals surface area contributed by atoms with Crippen LogP contribution in [0, 0.1) is 0 Å². The summed E-state index contributed by atoms with van der Waals surface area (Å²) in [5, 5.41) is 4.71. The minimum absolute atomic E-state index is 0.0953. The molecule has 0 unspecified atom stereocenters. The van der Waals surface area contributed by atoms with Gasteiger partial charge in [0.2, 0.25) is 0 Å². The molecule has 57 heavy (non-hydrogen) atoms. The zero-order valence-corrected chi connectivity index (χ0v) is 31.9. The van der Waals surface area contributed by atoms with Gasteiger partial charge in [0.25, 0.3) is 0 Å². The van der Waals surface area contributed by atoms with E-state index in [0.717, 1.165) is 39.0 Å². The lowest BCUT2D eigenvalue weighted by molar-refractivity contribution is 0.662. The maximum Gasteiger partial charge on any atom is 0.137 e. The molecule has 1 aliphatic rings. The minimum Gasteiger partial charge on any atom is -0.456 e. The fourth-order valence-electron chi connectivity index (χ4n) is 9.30. The van der Waals surface area contributed by atoms with Crippen molar-refractivity contribution in [1.82, 2.24) is 0 Å². The Morgan fingerprint density at radius 1 is 0.404 bits per heavy atom. The van der Waals surface area contributed by atoms with Crippen molar-refractivity contribution in [2.45, 2.75) is 19.3 Å². The van der Waals surface area contributed by atoms with Crippen molar-refractivity contribution in [1.29, 1.82) is 0 Å². The van der Waals surface area contributed by atoms with Crippen molar-refractivity contribution in [3.8, 4) is 44.5 Å². The summed E-state index contributed by atoms with van der Waals surface area (Å²) in [6.45, 7) is 4.72. The zero-order valence-electron chi connectivity index (χ0n) is 31.9. The van der Waals surface area contributed by atoms with Gasteiger partial charge in [-0.25, -0.2) is 0 Å². The summed E-state index contributed by atoms with van der Waals surface area (Å²) in [6, 6.07) is 72.6. The molecule has 2 heteroatoms. The number of rotatable bonds is 6. The van der Waals surface area contributed by atoms with Gasteiger partial charge in [-0.05, 0) is 121 Å². The molecule has 0 spiro atoms. The van der Waals surface area contributed by atoms with Crippen molar-refractivity contribution in [2.24, 2.45) is 0 Å². The van der Waals surface area contributed by atoms with Crippen LogP contribution in [0.2, 0.25) is 0 Å². The first-order valence-electron chi connectivity index (χ1n) is 19.8. The molecule has 1 aliphatic carbocycles. The Balaban J connectivity index is 1.01. The van der Waals surface area contributed by atoms with E-state index < -0.39 is 0 Å². The van der Waals surface area contributed by atoms with Gasteiger partial charge in [0.05, 0.1) is 11.1 Å². The second kappa shape index (κ2) is 13.0. The Bertz CT molecular complexity index is 3150. The van der Waals surface area contributed by atoms with Crippen molar-refractivity contribution < 1.29 is 4.42 Å². The summed E-state index contributed by atoms with van der Waals surface area (Å²) in [5.74, 6) is 0. The molecule has 270 valence electrons. The Labute approximate surface area is 332 Å². The van der Waals surface area contributed by atoms with Gasteiger partial charge in [-0.1, -0.05) is 159 Å². The molecule has 9 aromatic carbocycles. The van der Waals surface area contributed by atoms with Crippen molar-refractivity contribution in [3.63, 3.8) is 0 Å². The van der Waals surface area contributed by atoms with Crippen LogP contribution in [-0.2, 0) is 5.41 Å². The number of nitrogens with zero attached hydrogens (tertiary/aromatic N) is 1. The lowest BCUT2D eigenvalue weighted by Crippen LogP contribution is -2.16. The number of benzene rings is 9. The SMILES string of the molecule is CC1(C)c2ccccc2-c2cccc(-c3ccc(N(c4ccc(-c5cccc(-c6ccc7ccccc7c6)c5)cc4)c4cccc5oc6ccccc6c45)cc3)c21. The van der Waals surface area contributed by atoms with Gasteiger partial charge >= 0.3 is 0 Å². The summed E-state index contributed by atoms with van der Waals surface area (Å²) in [6.07, 6.45) is 0. The average molecular weight is 730 g/mol. The lowest BCUT2D eigenvalue weighted by Gasteiger charge is -2.27. The number of furan rings is 1. The van der Waals surface area contributed by atoms with Crippen molar-refractivity contribution in [3.05, 3.63) is 211 Å². The summed E-state index contributed by atoms with van der Waals surface area (Å²) < 4.78 is 6.40. The maximum absolute atomic E-state index is 6.40. The van der Waals surface area contributed by atoms with Gasteiger partial charge in [-0.15, -0.1) is 0 Å². The average Bonchev–Trinajstić information content (AvgIpc) is 3.77. The van der Waals surface area contributed by atoms with Crippen LogP contribution in [0.25, 0.3) is 77.2 Å². The van der Waals surface area contributed by atoms with E-state index in [4.69, 9.17) is 4.42 Å². The molecule has 1 aromatic heterocycles. The van der Waals surface area contributed by atoms with Gasteiger partial charge in [0.15, 0.2) is 0 Å². The Morgan fingerprint density at radius 3 is 1.81 bits per heavy atom. The summed E-state index contributed by atoms with van der Waals surface area (Å²) in [5.41, 5.74) is 17.6. The van der Waals surface area contributed by atoms with Crippen molar-refractivity contribution in [2.75, 3.05) is 4.90 Å². The predicted octanol–water partition coefficient (Wildman–Crippen LogP) is 15.5. The van der Waals surface area contributed by atoms with Crippen LogP contribution in [0.1, 0.15) is 25.0 Å². The molecule has 0 atom stereocenters. The maximum atomic E-state index is 6.40. The van der Waals surface area contributed by atoms with E-state index in [1.807, 2.05) is 6.07 Å². The van der Waals surface area contributed by atoms with Gasteiger partial charge in [-0.2, -0.15) is 0 Å². The number of hydrogen-bond acceptors (Lipinski definition) is 2. The fraction of sp³-hybridized carbons (Fsp3) is 0.0545. The predicted molar refractivity (Wildman–Crippen MR) is 240 cm³/mol. The number of fused-ring (bicyclic) bond motifs is 7.